The van der Waals surface area contributed by atoms with E-state index < -0.39 is 0 Å². The number of anilines is 1. The molecule has 2 aromatic carbocycles. The van der Waals surface area contributed by atoms with Gasteiger partial charge >= 0.3 is 0 Å². The smallest absolute Gasteiger partial charge is 0.222 e. The van der Waals surface area contributed by atoms with E-state index in [0.717, 1.165) is 11.3 Å². The Kier molecular flexibility index (Phi) is 7.22. The van der Waals surface area contributed by atoms with Gasteiger partial charge in [-0.25, -0.2) is 0 Å². The van der Waals surface area contributed by atoms with Crippen LogP contribution in [0.25, 0.3) is 0 Å². The van der Waals surface area contributed by atoms with Gasteiger partial charge in [0.2, 0.25) is 5.91 Å². The molecule has 2 N–H and O–H groups in total. The van der Waals surface area contributed by atoms with Gasteiger partial charge in [-0.2, -0.15) is 0 Å². The third kappa shape index (κ3) is 5.73. The van der Waals surface area contributed by atoms with E-state index in [4.69, 9.17) is 32.7 Å². The van der Waals surface area contributed by atoms with Crippen molar-refractivity contribution in [3.8, 4) is 11.5 Å². The molecule has 0 saturated carbocycles. The highest BCUT2D eigenvalue weighted by Crippen LogP contribution is 2.27. The number of benzene rings is 2. The molecule has 0 fully saturated rings. The molecule has 5 nitrogen and oxygen atoms in total. The lowest BCUT2D eigenvalue weighted by Gasteiger charge is -2.11. The summed E-state index contributed by atoms with van der Waals surface area (Å²) in [7, 11) is 3.16. The van der Waals surface area contributed by atoms with Crippen LogP contribution in [0.1, 0.15) is 12.0 Å². The quantitative estimate of drug-likeness (QED) is 0.720. The minimum Gasteiger partial charge on any atom is -0.493 e. The van der Waals surface area contributed by atoms with Crippen molar-refractivity contribution in [3.63, 3.8) is 0 Å². The SMILES string of the molecule is COc1ccc(CNC(=O)CCNc2ccc(Cl)cc2Cl)cc1OC. The van der Waals surface area contributed by atoms with Crippen LogP contribution in [0, 0.1) is 0 Å². The van der Waals surface area contributed by atoms with Crippen molar-refractivity contribution >= 4 is 34.8 Å². The van der Waals surface area contributed by atoms with Crippen molar-refractivity contribution in [1.82, 2.24) is 5.32 Å². The highest BCUT2D eigenvalue weighted by Gasteiger charge is 2.07. The molecule has 0 heterocycles. The summed E-state index contributed by atoms with van der Waals surface area (Å²) in [5.41, 5.74) is 1.68. The molecule has 25 heavy (non-hydrogen) atoms. The van der Waals surface area contributed by atoms with Gasteiger partial charge in [0.1, 0.15) is 0 Å². The van der Waals surface area contributed by atoms with Gasteiger partial charge in [0, 0.05) is 24.5 Å². The minimum absolute atomic E-state index is 0.0626. The van der Waals surface area contributed by atoms with Crippen LogP contribution < -0.4 is 20.1 Å². The van der Waals surface area contributed by atoms with Crippen LogP contribution in [-0.2, 0) is 11.3 Å². The van der Waals surface area contributed by atoms with Crippen LogP contribution in [0.3, 0.4) is 0 Å². The molecule has 0 aliphatic carbocycles. The molecular formula is C18H20Cl2N2O3. The van der Waals surface area contributed by atoms with E-state index in [9.17, 15) is 4.79 Å². The number of amides is 1. The summed E-state index contributed by atoms with van der Waals surface area (Å²) in [6.45, 7) is 0.889. The first kappa shape index (κ1) is 19.2. The van der Waals surface area contributed by atoms with Gasteiger partial charge in [0.05, 0.1) is 24.9 Å². The molecule has 134 valence electrons. The van der Waals surface area contributed by atoms with Crippen LogP contribution in [-0.4, -0.2) is 26.7 Å². The first-order valence-corrected chi connectivity index (χ1v) is 8.45. The average molecular weight is 383 g/mol. The number of rotatable bonds is 8. The zero-order chi connectivity index (χ0) is 18.2. The Hall–Kier alpha value is -2.11. The maximum absolute atomic E-state index is 12.0. The number of nitrogens with one attached hydrogen (secondary N) is 2. The molecule has 0 unspecified atom stereocenters. The molecule has 0 atom stereocenters. The van der Waals surface area contributed by atoms with Gasteiger partial charge in [-0.05, 0) is 35.9 Å². The fourth-order valence-corrected chi connectivity index (χ4v) is 2.70. The number of carbonyl (C=O) groups is 1. The fourth-order valence-electron chi connectivity index (χ4n) is 2.22. The van der Waals surface area contributed by atoms with E-state index in [1.165, 1.54) is 0 Å². The number of carbonyl (C=O) groups excluding carboxylic acids is 1. The van der Waals surface area contributed by atoms with Gasteiger partial charge in [0.25, 0.3) is 0 Å². The molecule has 0 aliphatic heterocycles. The molecule has 0 spiro atoms. The molecule has 7 heteroatoms. The predicted octanol–water partition coefficient (Wildman–Crippen LogP) is 4.13. The van der Waals surface area contributed by atoms with E-state index in [-0.39, 0.29) is 5.91 Å². The molecule has 0 saturated heterocycles. The normalized spacial score (nSPS) is 10.2. The van der Waals surface area contributed by atoms with Crippen molar-refractivity contribution in [2.75, 3.05) is 26.1 Å². The number of hydrogen-bond donors (Lipinski definition) is 2. The van der Waals surface area contributed by atoms with Gasteiger partial charge in [0.15, 0.2) is 11.5 Å². The summed E-state index contributed by atoms with van der Waals surface area (Å²) in [6, 6.07) is 10.7. The van der Waals surface area contributed by atoms with Crippen molar-refractivity contribution in [2.45, 2.75) is 13.0 Å². The zero-order valence-electron chi connectivity index (χ0n) is 14.1. The van der Waals surface area contributed by atoms with Crippen molar-refractivity contribution in [2.24, 2.45) is 0 Å². The average Bonchev–Trinajstić information content (AvgIpc) is 2.61. The van der Waals surface area contributed by atoms with E-state index >= 15 is 0 Å². The van der Waals surface area contributed by atoms with Crippen LogP contribution in [0.5, 0.6) is 11.5 Å². The van der Waals surface area contributed by atoms with Crippen LogP contribution in [0.4, 0.5) is 5.69 Å². The second kappa shape index (κ2) is 9.39. The first-order valence-electron chi connectivity index (χ1n) is 7.70. The summed E-state index contributed by atoms with van der Waals surface area (Å²) in [4.78, 5) is 12.0. The molecule has 0 bridgehead atoms. The number of halogens is 2. The summed E-state index contributed by atoms with van der Waals surface area (Å²) < 4.78 is 10.4. The van der Waals surface area contributed by atoms with Gasteiger partial charge < -0.3 is 20.1 Å². The van der Waals surface area contributed by atoms with Gasteiger partial charge in [-0.1, -0.05) is 29.3 Å². The Bertz CT molecular complexity index is 738. The Labute approximate surface area is 157 Å². The topological polar surface area (TPSA) is 59.6 Å². The predicted molar refractivity (Wildman–Crippen MR) is 101 cm³/mol. The summed E-state index contributed by atoms with van der Waals surface area (Å²) in [6.07, 6.45) is 0.326. The van der Waals surface area contributed by atoms with Gasteiger partial charge in [-0.15, -0.1) is 0 Å². The standard InChI is InChI=1S/C18H20Cl2N2O3/c1-24-16-6-3-12(9-17(16)25-2)11-22-18(23)7-8-21-15-5-4-13(19)10-14(15)20/h3-6,9-10,21H,7-8,11H2,1-2H3,(H,22,23). The number of methoxy groups -OCH3 is 2. The fraction of sp³-hybridized carbons (Fsp3) is 0.278. The van der Waals surface area contributed by atoms with E-state index in [0.29, 0.717) is 41.1 Å². The zero-order valence-corrected chi connectivity index (χ0v) is 15.6. The van der Waals surface area contributed by atoms with Crippen molar-refractivity contribution < 1.29 is 14.3 Å². The summed E-state index contributed by atoms with van der Waals surface area (Å²) in [5, 5.41) is 7.08. The maximum atomic E-state index is 12.0. The first-order chi connectivity index (χ1) is 12.0. The highest BCUT2D eigenvalue weighted by atomic mass is 35.5. The van der Waals surface area contributed by atoms with Crippen LogP contribution in [0.15, 0.2) is 36.4 Å². The molecule has 0 aromatic heterocycles. The Balaban J connectivity index is 1.79. The molecule has 0 aliphatic rings. The largest absolute Gasteiger partial charge is 0.493 e. The monoisotopic (exact) mass is 382 g/mol. The van der Waals surface area contributed by atoms with E-state index in [2.05, 4.69) is 10.6 Å². The van der Waals surface area contributed by atoms with E-state index in [1.807, 2.05) is 18.2 Å². The second-order valence-corrected chi connectivity index (χ2v) is 6.11. The van der Waals surface area contributed by atoms with Crippen LogP contribution in [0.2, 0.25) is 10.0 Å². The van der Waals surface area contributed by atoms with E-state index in [1.54, 1.807) is 32.4 Å². The number of ether oxygens (including phenoxy) is 2. The summed E-state index contributed by atoms with van der Waals surface area (Å²) in [5.74, 6) is 1.22. The lowest BCUT2D eigenvalue weighted by Crippen LogP contribution is -2.24. The van der Waals surface area contributed by atoms with Crippen molar-refractivity contribution in [3.05, 3.63) is 52.0 Å². The minimum atomic E-state index is -0.0626. The van der Waals surface area contributed by atoms with Crippen LogP contribution >= 0.6 is 23.2 Å². The number of hydrogen-bond acceptors (Lipinski definition) is 4. The summed E-state index contributed by atoms with van der Waals surface area (Å²) >= 11 is 11.9. The third-order valence-corrected chi connectivity index (χ3v) is 4.08. The second-order valence-electron chi connectivity index (χ2n) is 5.27. The Morgan fingerprint density at radius 3 is 2.48 bits per heavy atom. The van der Waals surface area contributed by atoms with Gasteiger partial charge in [-0.3, -0.25) is 4.79 Å². The van der Waals surface area contributed by atoms with Crippen molar-refractivity contribution in [1.29, 1.82) is 0 Å². The highest BCUT2D eigenvalue weighted by molar-refractivity contribution is 6.36. The lowest BCUT2D eigenvalue weighted by molar-refractivity contribution is -0.121. The Morgan fingerprint density at radius 2 is 1.80 bits per heavy atom. The molecular weight excluding hydrogens is 363 g/mol. The molecule has 1 amide bonds. The molecule has 2 aromatic rings. The lowest BCUT2D eigenvalue weighted by atomic mass is 10.2. The molecule has 0 radical (unpaired) electrons. The maximum Gasteiger partial charge on any atom is 0.222 e. The third-order valence-electron chi connectivity index (χ3n) is 3.54. The molecule has 2 rings (SSSR count). The Morgan fingerprint density at radius 1 is 1.04 bits per heavy atom.